The van der Waals surface area contributed by atoms with Crippen molar-refractivity contribution in [2.75, 3.05) is 6.61 Å². The number of hydrogen-bond donors (Lipinski definition) is 1. The van der Waals surface area contributed by atoms with E-state index in [4.69, 9.17) is 4.84 Å². The van der Waals surface area contributed by atoms with Gasteiger partial charge in [-0.1, -0.05) is 0 Å². The number of amides is 1. The second kappa shape index (κ2) is 5.10. The molecule has 0 saturated heterocycles. The molecule has 1 aromatic carbocycles. The number of benzene rings is 1. The number of carbonyl (C=O) groups is 1. The lowest BCUT2D eigenvalue weighted by molar-refractivity contribution is 0.0364. The van der Waals surface area contributed by atoms with E-state index in [-0.39, 0.29) is 5.91 Å². The Morgan fingerprint density at radius 2 is 1.89 bits per heavy atom. The Morgan fingerprint density at radius 3 is 2.56 bits per heavy atom. The minimum Gasteiger partial charge on any atom is -0.274 e. The van der Waals surface area contributed by atoms with E-state index in [9.17, 15) is 4.79 Å². The second-order valence-corrected chi connectivity index (χ2v) is 3.96. The first-order valence-corrected chi connectivity index (χ1v) is 5.79. The number of carbonyl (C=O) groups excluding carboxylic acids is 1. The van der Waals surface area contributed by atoms with Gasteiger partial charge in [0, 0.05) is 5.56 Å². The molecule has 94 valence electrons. The quantitative estimate of drug-likeness (QED) is 0.839. The molecule has 0 aliphatic heterocycles. The van der Waals surface area contributed by atoms with Crippen LogP contribution in [0.2, 0.25) is 0 Å². The van der Waals surface area contributed by atoms with Crippen LogP contribution in [0.4, 0.5) is 0 Å². The predicted molar refractivity (Wildman–Crippen MR) is 68.1 cm³/mol. The fourth-order valence-electron chi connectivity index (χ4n) is 1.57. The number of fused-ring (bicyclic) bond motifs is 1. The van der Waals surface area contributed by atoms with Crippen molar-refractivity contribution in [3.8, 4) is 0 Å². The molecular weight excluding hydrogens is 230 g/mol. The molecule has 0 radical (unpaired) electrons. The summed E-state index contributed by atoms with van der Waals surface area (Å²) in [5, 5.41) is 0. The van der Waals surface area contributed by atoms with Crippen molar-refractivity contribution in [2.24, 2.45) is 0 Å². The van der Waals surface area contributed by atoms with Crippen LogP contribution in [-0.2, 0) is 4.84 Å². The van der Waals surface area contributed by atoms with Crippen LogP contribution < -0.4 is 5.48 Å². The molecule has 0 atom stereocenters. The Bertz CT molecular complexity index is 596. The Balaban J connectivity index is 2.38. The van der Waals surface area contributed by atoms with Crippen molar-refractivity contribution >= 4 is 16.9 Å². The summed E-state index contributed by atoms with van der Waals surface area (Å²) < 4.78 is 0. The summed E-state index contributed by atoms with van der Waals surface area (Å²) in [5.74, 6) is -0.279. The second-order valence-electron chi connectivity index (χ2n) is 3.96. The van der Waals surface area contributed by atoms with E-state index < -0.39 is 0 Å². The number of aromatic nitrogens is 2. The SMILES string of the molecule is CCONC(=O)c1ccc2nc(C)c(C)nc2c1. The van der Waals surface area contributed by atoms with Gasteiger partial charge in [-0.3, -0.25) is 9.63 Å². The lowest BCUT2D eigenvalue weighted by Gasteiger charge is -2.06. The maximum Gasteiger partial charge on any atom is 0.274 e. The highest BCUT2D eigenvalue weighted by Gasteiger charge is 2.08. The lowest BCUT2D eigenvalue weighted by atomic mass is 10.1. The molecule has 1 aromatic heterocycles. The summed E-state index contributed by atoms with van der Waals surface area (Å²) in [5.41, 5.74) is 6.12. The summed E-state index contributed by atoms with van der Waals surface area (Å²) in [6.45, 7) is 6.04. The predicted octanol–water partition coefficient (Wildman–Crippen LogP) is 1.93. The van der Waals surface area contributed by atoms with Crippen LogP contribution in [0.3, 0.4) is 0 Å². The molecule has 2 rings (SSSR count). The third kappa shape index (κ3) is 2.46. The van der Waals surface area contributed by atoms with Gasteiger partial charge in [-0.25, -0.2) is 15.4 Å². The summed E-state index contributed by atoms with van der Waals surface area (Å²) in [6.07, 6.45) is 0. The van der Waals surface area contributed by atoms with E-state index in [0.717, 1.165) is 16.9 Å². The van der Waals surface area contributed by atoms with Gasteiger partial charge in [-0.2, -0.15) is 0 Å². The van der Waals surface area contributed by atoms with Crippen molar-refractivity contribution in [2.45, 2.75) is 20.8 Å². The van der Waals surface area contributed by atoms with Gasteiger partial charge in [0.25, 0.3) is 5.91 Å². The third-order valence-corrected chi connectivity index (χ3v) is 2.65. The highest BCUT2D eigenvalue weighted by atomic mass is 16.6. The molecule has 0 spiro atoms. The topological polar surface area (TPSA) is 64.1 Å². The average molecular weight is 245 g/mol. The standard InChI is InChI=1S/C13H15N3O2/c1-4-18-16-13(17)10-5-6-11-12(7-10)15-9(3)8(2)14-11/h5-7H,4H2,1-3H3,(H,16,17). The number of rotatable bonds is 3. The Hall–Kier alpha value is -2.01. The van der Waals surface area contributed by atoms with Gasteiger partial charge in [0.1, 0.15) is 0 Å². The van der Waals surface area contributed by atoms with Gasteiger partial charge in [-0.05, 0) is 39.0 Å². The summed E-state index contributed by atoms with van der Waals surface area (Å²) in [7, 11) is 0. The van der Waals surface area contributed by atoms with Crippen LogP contribution >= 0.6 is 0 Å². The summed E-state index contributed by atoms with van der Waals surface area (Å²) in [6, 6.07) is 5.21. The molecule has 0 unspecified atom stereocenters. The normalized spacial score (nSPS) is 10.6. The van der Waals surface area contributed by atoms with Crippen molar-refractivity contribution < 1.29 is 9.63 Å². The highest BCUT2D eigenvalue weighted by Crippen LogP contribution is 2.14. The van der Waals surface area contributed by atoms with E-state index >= 15 is 0 Å². The molecule has 1 heterocycles. The van der Waals surface area contributed by atoms with E-state index in [1.165, 1.54) is 0 Å². The zero-order valence-electron chi connectivity index (χ0n) is 10.7. The molecule has 0 aliphatic rings. The fraction of sp³-hybridized carbons (Fsp3) is 0.308. The minimum absolute atomic E-state index is 0.279. The van der Waals surface area contributed by atoms with E-state index in [2.05, 4.69) is 15.4 Å². The number of nitrogens with zero attached hydrogens (tertiary/aromatic N) is 2. The number of aryl methyl sites for hydroxylation is 2. The molecule has 0 bridgehead atoms. The van der Waals surface area contributed by atoms with Crippen LogP contribution in [-0.4, -0.2) is 22.5 Å². The molecule has 0 saturated carbocycles. The maximum absolute atomic E-state index is 11.7. The van der Waals surface area contributed by atoms with E-state index in [1.54, 1.807) is 25.1 Å². The zero-order chi connectivity index (χ0) is 13.1. The van der Waals surface area contributed by atoms with Crippen molar-refractivity contribution in [3.63, 3.8) is 0 Å². The van der Waals surface area contributed by atoms with Gasteiger partial charge in [-0.15, -0.1) is 0 Å². The first kappa shape index (κ1) is 12.4. The third-order valence-electron chi connectivity index (χ3n) is 2.65. The van der Waals surface area contributed by atoms with Gasteiger partial charge in [0.15, 0.2) is 0 Å². The molecular formula is C13H15N3O2. The lowest BCUT2D eigenvalue weighted by Crippen LogP contribution is -2.23. The molecule has 1 amide bonds. The molecule has 2 aromatic rings. The Morgan fingerprint density at radius 1 is 1.22 bits per heavy atom. The number of hydrogen-bond acceptors (Lipinski definition) is 4. The largest absolute Gasteiger partial charge is 0.274 e. The Labute approximate surface area is 105 Å². The van der Waals surface area contributed by atoms with Crippen LogP contribution in [0, 0.1) is 13.8 Å². The monoisotopic (exact) mass is 245 g/mol. The van der Waals surface area contributed by atoms with Gasteiger partial charge >= 0.3 is 0 Å². The van der Waals surface area contributed by atoms with E-state index in [1.807, 2.05) is 13.8 Å². The fourth-order valence-corrected chi connectivity index (χ4v) is 1.57. The highest BCUT2D eigenvalue weighted by molar-refractivity contribution is 5.96. The van der Waals surface area contributed by atoms with Crippen molar-refractivity contribution in [3.05, 3.63) is 35.2 Å². The molecule has 5 heteroatoms. The van der Waals surface area contributed by atoms with Crippen LogP contribution in [0.15, 0.2) is 18.2 Å². The first-order chi connectivity index (χ1) is 8.61. The maximum atomic E-state index is 11.7. The van der Waals surface area contributed by atoms with Crippen LogP contribution in [0.5, 0.6) is 0 Å². The molecule has 0 fully saturated rings. The first-order valence-electron chi connectivity index (χ1n) is 5.79. The van der Waals surface area contributed by atoms with Crippen LogP contribution in [0.1, 0.15) is 28.7 Å². The van der Waals surface area contributed by atoms with Crippen molar-refractivity contribution in [1.29, 1.82) is 0 Å². The molecule has 1 N–H and O–H groups in total. The van der Waals surface area contributed by atoms with Gasteiger partial charge in [0.2, 0.25) is 0 Å². The van der Waals surface area contributed by atoms with Crippen LogP contribution in [0.25, 0.3) is 11.0 Å². The molecule has 0 aliphatic carbocycles. The summed E-state index contributed by atoms with van der Waals surface area (Å²) in [4.78, 5) is 25.4. The molecule has 5 nitrogen and oxygen atoms in total. The average Bonchev–Trinajstić information content (AvgIpc) is 2.36. The zero-order valence-corrected chi connectivity index (χ0v) is 10.7. The van der Waals surface area contributed by atoms with E-state index in [0.29, 0.717) is 17.7 Å². The Kier molecular flexibility index (Phi) is 3.53. The summed E-state index contributed by atoms with van der Waals surface area (Å²) >= 11 is 0. The number of nitrogens with one attached hydrogen (secondary N) is 1. The number of hydroxylamine groups is 1. The molecule has 18 heavy (non-hydrogen) atoms. The van der Waals surface area contributed by atoms with Gasteiger partial charge < -0.3 is 0 Å². The minimum atomic E-state index is -0.279. The van der Waals surface area contributed by atoms with Crippen molar-refractivity contribution in [1.82, 2.24) is 15.4 Å². The smallest absolute Gasteiger partial charge is 0.274 e. The van der Waals surface area contributed by atoms with Gasteiger partial charge in [0.05, 0.1) is 29.0 Å².